The van der Waals surface area contributed by atoms with Crippen LogP contribution in [0.25, 0.3) is 21.6 Å². The van der Waals surface area contributed by atoms with Crippen molar-refractivity contribution < 1.29 is 4.39 Å². The highest BCUT2D eigenvalue weighted by molar-refractivity contribution is 7.18. The lowest BCUT2D eigenvalue weighted by Gasteiger charge is -2.14. The van der Waals surface area contributed by atoms with E-state index >= 15 is 0 Å². The Morgan fingerprint density at radius 2 is 1.90 bits per heavy atom. The molecular formula is C24H22FN5S. The molecule has 3 heterocycles. The van der Waals surface area contributed by atoms with Gasteiger partial charge in [-0.3, -0.25) is 4.98 Å². The van der Waals surface area contributed by atoms with Crippen molar-refractivity contribution in [2.45, 2.75) is 25.6 Å². The van der Waals surface area contributed by atoms with Crippen LogP contribution in [0.3, 0.4) is 0 Å². The second kappa shape index (κ2) is 9.65. The number of hydrogen-bond donors (Lipinski definition) is 2. The summed E-state index contributed by atoms with van der Waals surface area (Å²) >= 11 is 1.49. The Balaban J connectivity index is 1.65. The number of nitrogens with one attached hydrogen (secondary N) is 1. The highest BCUT2D eigenvalue weighted by Gasteiger charge is 2.15. The lowest BCUT2D eigenvalue weighted by atomic mass is 10.1. The van der Waals surface area contributed by atoms with E-state index in [4.69, 9.17) is 15.7 Å². The minimum atomic E-state index is -1.20. The Kier molecular flexibility index (Phi) is 6.51. The van der Waals surface area contributed by atoms with Crippen LogP contribution in [0.4, 0.5) is 10.2 Å². The number of alkyl halides is 1. The number of pyridine rings is 1. The van der Waals surface area contributed by atoms with Crippen LogP contribution >= 0.6 is 11.3 Å². The third-order valence-electron chi connectivity index (χ3n) is 4.63. The number of anilines is 1. The summed E-state index contributed by atoms with van der Waals surface area (Å²) in [5.41, 5.74) is 9.79. The fraction of sp³-hybridized carbons (Fsp3) is 0.208. The van der Waals surface area contributed by atoms with Gasteiger partial charge in [-0.05, 0) is 31.0 Å². The summed E-state index contributed by atoms with van der Waals surface area (Å²) in [6.45, 7) is 1.97. The molecule has 4 rings (SSSR count). The maximum atomic E-state index is 13.3. The van der Waals surface area contributed by atoms with Gasteiger partial charge in [0.05, 0.1) is 10.3 Å². The van der Waals surface area contributed by atoms with Crippen molar-refractivity contribution in [3.63, 3.8) is 0 Å². The summed E-state index contributed by atoms with van der Waals surface area (Å²) < 4.78 is 14.1. The van der Waals surface area contributed by atoms with Crippen LogP contribution in [0.5, 0.6) is 0 Å². The van der Waals surface area contributed by atoms with Crippen molar-refractivity contribution in [2.24, 2.45) is 5.73 Å². The van der Waals surface area contributed by atoms with Gasteiger partial charge >= 0.3 is 0 Å². The normalized spacial score (nSPS) is 12.7. The van der Waals surface area contributed by atoms with E-state index in [1.54, 1.807) is 12.4 Å². The van der Waals surface area contributed by atoms with Gasteiger partial charge in [-0.25, -0.2) is 14.4 Å². The zero-order valence-electron chi connectivity index (χ0n) is 17.0. The topological polar surface area (TPSA) is 76.7 Å². The molecule has 0 aliphatic carbocycles. The van der Waals surface area contributed by atoms with Gasteiger partial charge in [-0.1, -0.05) is 42.2 Å². The van der Waals surface area contributed by atoms with Gasteiger partial charge in [0, 0.05) is 35.9 Å². The number of fused-ring (bicyclic) bond motifs is 1. The summed E-state index contributed by atoms with van der Waals surface area (Å²) in [4.78, 5) is 13.5. The van der Waals surface area contributed by atoms with Crippen molar-refractivity contribution in [3.8, 4) is 23.2 Å². The van der Waals surface area contributed by atoms with E-state index in [9.17, 15) is 4.39 Å². The number of hydrogen-bond acceptors (Lipinski definition) is 6. The van der Waals surface area contributed by atoms with E-state index in [0.717, 1.165) is 16.7 Å². The molecule has 0 aliphatic heterocycles. The quantitative estimate of drug-likeness (QED) is 0.441. The molecule has 1 aromatic carbocycles. The standard InChI is InChI=1S/C24H22FN5S/c1-16(25)7-8-19-15-31-22-21(19)29-23(18-9-11-27-12-10-18)30-24(22)28-14-20(26)13-17-5-3-2-4-6-17/h2-6,9-12,15-16,20H,13-14,26H2,1H3,(H,28,29,30)/t16-,20+/m1/s1. The van der Waals surface area contributed by atoms with Crippen LogP contribution < -0.4 is 11.1 Å². The van der Waals surface area contributed by atoms with Gasteiger partial charge in [0.1, 0.15) is 11.3 Å². The molecule has 31 heavy (non-hydrogen) atoms. The molecule has 0 radical (unpaired) electrons. The molecule has 2 atom stereocenters. The average Bonchev–Trinajstić information content (AvgIpc) is 3.20. The van der Waals surface area contributed by atoms with Crippen LogP contribution in [0, 0.1) is 11.8 Å². The Morgan fingerprint density at radius 1 is 1.13 bits per heavy atom. The van der Waals surface area contributed by atoms with E-state index in [1.807, 2.05) is 35.7 Å². The molecule has 0 bridgehead atoms. The van der Waals surface area contributed by atoms with E-state index < -0.39 is 6.17 Å². The molecule has 0 fully saturated rings. The molecule has 4 aromatic rings. The van der Waals surface area contributed by atoms with Gasteiger partial charge in [-0.2, -0.15) is 0 Å². The third kappa shape index (κ3) is 5.23. The molecular weight excluding hydrogens is 409 g/mol. The highest BCUT2D eigenvalue weighted by Crippen LogP contribution is 2.32. The van der Waals surface area contributed by atoms with Gasteiger partial charge in [0.15, 0.2) is 12.0 Å². The van der Waals surface area contributed by atoms with Gasteiger partial charge in [0.2, 0.25) is 0 Å². The largest absolute Gasteiger partial charge is 0.367 e. The molecule has 0 saturated carbocycles. The van der Waals surface area contributed by atoms with E-state index in [2.05, 4.69) is 34.3 Å². The van der Waals surface area contributed by atoms with Crippen LogP contribution in [-0.2, 0) is 6.42 Å². The first-order chi connectivity index (χ1) is 15.1. The van der Waals surface area contributed by atoms with Crippen molar-refractivity contribution in [2.75, 3.05) is 11.9 Å². The summed E-state index contributed by atoms with van der Waals surface area (Å²) in [6.07, 6.45) is 2.95. The lowest BCUT2D eigenvalue weighted by molar-refractivity contribution is 0.443. The number of thiophene rings is 1. The van der Waals surface area contributed by atoms with Gasteiger partial charge < -0.3 is 11.1 Å². The SMILES string of the molecule is C[C@@H](F)C#Cc1csc2c(NC[C@@H](N)Cc3ccccc3)nc(-c3ccncc3)nc12. The second-order valence-electron chi connectivity index (χ2n) is 7.17. The molecule has 3 N–H and O–H groups in total. The van der Waals surface area contributed by atoms with E-state index in [-0.39, 0.29) is 6.04 Å². The number of halogens is 1. The van der Waals surface area contributed by atoms with Crippen molar-refractivity contribution in [3.05, 3.63) is 71.4 Å². The van der Waals surface area contributed by atoms with Crippen molar-refractivity contribution in [1.82, 2.24) is 15.0 Å². The zero-order chi connectivity index (χ0) is 21.6. The molecule has 0 aliphatic rings. The monoisotopic (exact) mass is 431 g/mol. The number of nitrogens with zero attached hydrogens (tertiary/aromatic N) is 3. The second-order valence-corrected chi connectivity index (χ2v) is 8.05. The summed E-state index contributed by atoms with van der Waals surface area (Å²) in [7, 11) is 0. The molecule has 0 unspecified atom stereocenters. The maximum absolute atomic E-state index is 13.3. The minimum Gasteiger partial charge on any atom is -0.367 e. The minimum absolute atomic E-state index is 0.0802. The number of nitrogens with two attached hydrogens (primary N) is 1. The lowest BCUT2D eigenvalue weighted by Crippen LogP contribution is -2.31. The summed E-state index contributed by atoms with van der Waals surface area (Å²) in [6, 6.07) is 13.8. The Hall–Kier alpha value is -3.34. The highest BCUT2D eigenvalue weighted by atomic mass is 32.1. The molecule has 7 heteroatoms. The summed E-state index contributed by atoms with van der Waals surface area (Å²) in [5.74, 6) is 6.74. The first kappa shape index (κ1) is 20.9. The Morgan fingerprint density at radius 3 is 2.65 bits per heavy atom. The first-order valence-electron chi connectivity index (χ1n) is 9.99. The Labute approximate surface area is 184 Å². The Bertz CT molecular complexity index is 1210. The zero-order valence-corrected chi connectivity index (χ0v) is 17.9. The number of benzene rings is 1. The smallest absolute Gasteiger partial charge is 0.162 e. The predicted molar refractivity (Wildman–Crippen MR) is 125 cm³/mol. The van der Waals surface area contributed by atoms with E-state index in [1.165, 1.54) is 23.8 Å². The third-order valence-corrected chi connectivity index (χ3v) is 5.61. The van der Waals surface area contributed by atoms with Crippen LogP contribution in [-0.4, -0.2) is 33.7 Å². The van der Waals surface area contributed by atoms with Gasteiger partial charge in [0.25, 0.3) is 0 Å². The van der Waals surface area contributed by atoms with Gasteiger partial charge in [-0.15, -0.1) is 11.3 Å². The molecule has 0 saturated heterocycles. The first-order valence-corrected chi connectivity index (χ1v) is 10.9. The maximum Gasteiger partial charge on any atom is 0.162 e. The van der Waals surface area contributed by atoms with Crippen molar-refractivity contribution >= 4 is 27.4 Å². The van der Waals surface area contributed by atoms with E-state index in [0.29, 0.717) is 29.3 Å². The van der Waals surface area contributed by atoms with Crippen LogP contribution in [0.15, 0.2) is 60.2 Å². The van der Waals surface area contributed by atoms with Crippen LogP contribution in [0.2, 0.25) is 0 Å². The summed E-state index contributed by atoms with van der Waals surface area (Å²) in [5, 5.41) is 5.28. The number of rotatable bonds is 6. The van der Waals surface area contributed by atoms with Crippen LogP contribution in [0.1, 0.15) is 18.1 Å². The fourth-order valence-corrected chi connectivity index (χ4v) is 4.05. The molecule has 0 amide bonds. The predicted octanol–water partition coefficient (Wildman–Crippen LogP) is 4.44. The average molecular weight is 432 g/mol. The fourth-order valence-electron chi connectivity index (χ4n) is 3.15. The molecule has 0 spiro atoms. The number of aromatic nitrogens is 3. The van der Waals surface area contributed by atoms with Crippen molar-refractivity contribution in [1.29, 1.82) is 0 Å². The molecule has 3 aromatic heterocycles. The molecule has 156 valence electrons. The molecule has 5 nitrogen and oxygen atoms in total.